The number of rotatable bonds is 6. The summed E-state index contributed by atoms with van der Waals surface area (Å²) in [6.45, 7) is 5.16. The molecule has 0 fully saturated rings. The Morgan fingerprint density at radius 2 is 2.10 bits per heavy atom. The second-order valence-corrected chi connectivity index (χ2v) is 5.49. The van der Waals surface area contributed by atoms with Crippen molar-refractivity contribution in [2.45, 2.75) is 26.7 Å². The third kappa shape index (κ3) is 4.20. The molecule has 0 aliphatic heterocycles. The Morgan fingerprint density at radius 3 is 2.85 bits per heavy atom. The van der Waals surface area contributed by atoms with E-state index in [1.807, 2.05) is 18.2 Å². The van der Waals surface area contributed by atoms with Crippen molar-refractivity contribution in [3.63, 3.8) is 0 Å². The lowest BCUT2D eigenvalue weighted by atomic mass is 10.2. The number of aryl methyl sites for hydroxylation is 1. The molecule has 1 aromatic carbocycles. The van der Waals surface area contributed by atoms with E-state index in [2.05, 4.69) is 56.4 Å². The van der Waals surface area contributed by atoms with E-state index in [-0.39, 0.29) is 0 Å². The third-order valence-corrected chi connectivity index (χ3v) is 3.80. The van der Waals surface area contributed by atoms with E-state index in [4.69, 9.17) is 0 Å². The molecule has 4 nitrogen and oxygen atoms in total. The molecule has 0 bridgehead atoms. The van der Waals surface area contributed by atoms with Crippen LogP contribution in [0.2, 0.25) is 0 Å². The first-order valence-electron chi connectivity index (χ1n) is 6.79. The molecular weight excluding hydrogens is 316 g/mol. The molecule has 0 aliphatic carbocycles. The quantitative estimate of drug-likeness (QED) is 0.763. The molecule has 1 aromatic heterocycles. The molecule has 0 radical (unpaired) electrons. The van der Waals surface area contributed by atoms with Crippen molar-refractivity contribution in [2.24, 2.45) is 0 Å². The first kappa shape index (κ1) is 14.8. The van der Waals surface area contributed by atoms with Crippen LogP contribution >= 0.6 is 15.9 Å². The largest absolute Gasteiger partial charge is 0.370 e. The topological polar surface area (TPSA) is 49.8 Å². The Hall–Kier alpha value is -1.62. The molecule has 2 N–H and O–H groups in total. The summed E-state index contributed by atoms with van der Waals surface area (Å²) in [4.78, 5) is 8.69. The van der Waals surface area contributed by atoms with Gasteiger partial charge in [0.1, 0.15) is 5.82 Å². The summed E-state index contributed by atoms with van der Waals surface area (Å²) in [7, 11) is 0. The zero-order valence-corrected chi connectivity index (χ0v) is 13.4. The second-order valence-electron chi connectivity index (χ2n) is 4.63. The number of hydrogen-bond acceptors (Lipinski definition) is 4. The van der Waals surface area contributed by atoms with Gasteiger partial charge in [0.05, 0.1) is 0 Å². The molecule has 20 heavy (non-hydrogen) atoms. The molecule has 0 spiro atoms. The summed E-state index contributed by atoms with van der Waals surface area (Å²) in [5.74, 6) is 1.46. The number of nitrogens with one attached hydrogen (secondary N) is 2. The van der Waals surface area contributed by atoms with Crippen molar-refractivity contribution >= 4 is 33.4 Å². The lowest BCUT2D eigenvalue weighted by Crippen LogP contribution is -2.05. The minimum absolute atomic E-state index is 0.605. The fourth-order valence-electron chi connectivity index (χ4n) is 1.76. The van der Waals surface area contributed by atoms with E-state index in [1.165, 1.54) is 12.0 Å². The van der Waals surface area contributed by atoms with Crippen molar-refractivity contribution in [3.8, 4) is 0 Å². The zero-order valence-electron chi connectivity index (χ0n) is 11.8. The Balaban J connectivity index is 2.05. The number of benzene rings is 1. The molecule has 0 atom stereocenters. The Kier molecular flexibility index (Phi) is 5.35. The van der Waals surface area contributed by atoms with Gasteiger partial charge in [-0.3, -0.25) is 0 Å². The van der Waals surface area contributed by atoms with Crippen LogP contribution in [0.5, 0.6) is 0 Å². The van der Waals surface area contributed by atoms with Gasteiger partial charge in [-0.15, -0.1) is 0 Å². The van der Waals surface area contributed by atoms with Crippen LogP contribution in [0.15, 0.2) is 34.9 Å². The van der Waals surface area contributed by atoms with Gasteiger partial charge >= 0.3 is 0 Å². The summed E-state index contributed by atoms with van der Waals surface area (Å²) >= 11 is 3.49. The maximum Gasteiger partial charge on any atom is 0.229 e. The lowest BCUT2D eigenvalue weighted by Gasteiger charge is -2.09. The summed E-state index contributed by atoms with van der Waals surface area (Å²) < 4.78 is 1.10. The van der Waals surface area contributed by atoms with Gasteiger partial charge in [-0.1, -0.05) is 29.3 Å². The SMILES string of the molecule is CCCCNc1ccnc(Nc2ccc(Br)c(C)c2)n1. The standard InChI is InChI=1S/C15H19BrN4/c1-3-4-8-17-14-7-9-18-15(20-14)19-12-5-6-13(16)11(2)10-12/h5-7,9-10H,3-4,8H2,1-2H3,(H2,17,18,19,20). The number of aromatic nitrogens is 2. The molecule has 1 heterocycles. The number of anilines is 3. The molecule has 106 valence electrons. The lowest BCUT2D eigenvalue weighted by molar-refractivity contribution is 0.830. The van der Waals surface area contributed by atoms with Crippen molar-refractivity contribution < 1.29 is 0 Å². The minimum atomic E-state index is 0.605. The Bertz CT molecular complexity index is 572. The highest BCUT2D eigenvalue weighted by molar-refractivity contribution is 9.10. The van der Waals surface area contributed by atoms with E-state index in [0.29, 0.717) is 5.95 Å². The number of unbranched alkanes of at least 4 members (excludes halogenated alkanes) is 1. The van der Waals surface area contributed by atoms with Gasteiger partial charge in [0.2, 0.25) is 5.95 Å². The average molecular weight is 335 g/mol. The third-order valence-electron chi connectivity index (χ3n) is 2.91. The maximum atomic E-state index is 4.45. The number of hydrogen-bond donors (Lipinski definition) is 2. The fourth-order valence-corrected chi connectivity index (χ4v) is 2.01. The molecule has 0 saturated carbocycles. The monoisotopic (exact) mass is 334 g/mol. The Labute approximate surface area is 128 Å². The van der Waals surface area contributed by atoms with Gasteiger partial charge in [0, 0.05) is 22.9 Å². The summed E-state index contributed by atoms with van der Waals surface area (Å²) in [5, 5.41) is 6.51. The molecule has 0 unspecified atom stereocenters. The van der Waals surface area contributed by atoms with Crippen molar-refractivity contribution in [1.29, 1.82) is 0 Å². The van der Waals surface area contributed by atoms with E-state index < -0.39 is 0 Å². The average Bonchev–Trinajstić information content (AvgIpc) is 2.44. The predicted molar refractivity (Wildman–Crippen MR) is 87.6 cm³/mol. The van der Waals surface area contributed by atoms with E-state index in [0.717, 1.165) is 28.9 Å². The molecule has 0 aliphatic rings. The van der Waals surface area contributed by atoms with Crippen LogP contribution in [0.4, 0.5) is 17.5 Å². The highest BCUT2D eigenvalue weighted by Gasteiger charge is 2.01. The van der Waals surface area contributed by atoms with Gasteiger partial charge < -0.3 is 10.6 Å². The normalized spacial score (nSPS) is 10.3. The Morgan fingerprint density at radius 1 is 1.25 bits per heavy atom. The molecule has 5 heteroatoms. The van der Waals surface area contributed by atoms with Crippen LogP contribution in [-0.4, -0.2) is 16.5 Å². The van der Waals surface area contributed by atoms with Crippen molar-refractivity contribution in [3.05, 3.63) is 40.5 Å². The first-order chi connectivity index (χ1) is 9.69. The molecule has 0 saturated heterocycles. The van der Waals surface area contributed by atoms with E-state index in [9.17, 15) is 0 Å². The van der Waals surface area contributed by atoms with Gasteiger partial charge in [-0.05, 0) is 43.2 Å². The van der Waals surface area contributed by atoms with Crippen LogP contribution < -0.4 is 10.6 Å². The fraction of sp³-hybridized carbons (Fsp3) is 0.333. The molecular formula is C15H19BrN4. The van der Waals surface area contributed by atoms with Crippen LogP contribution in [0.25, 0.3) is 0 Å². The number of halogens is 1. The van der Waals surface area contributed by atoms with Crippen LogP contribution in [-0.2, 0) is 0 Å². The minimum Gasteiger partial charge on any atom is -0.370 e. The molecule has 2 rings (SSSR count). The second kappa shape index (κ2) is 7.24. The van der Waals surface area contributed by atoms with Crippen LogP contribution in [0, 0.1) is 6.92 Å². The smallest absolute Gasteiger partial charge is 0.229 e. The highest BCUT2D eigenvalue weighted by atomic mass is 79.9. The first-order valence-corrected chi connectivity index (χ1v) is 7.58. The molecule has 0 amide bonds. The maximum absolute atomic E-state index is 4.45. The zero-order chi connectivity index (χ0) is 14.4. The van der Waals surface area contributed by atoms with Crippen LogP contribution in [0.3, 0.4) is 0 Å². The van der Waals surface area contributed by atoms with Gasteiger partial charge in [-0.25, -0.2) is 4.98 Å². The number of nitrogens with zero attached hydrogens (tertiary/aromatic N) is 2. The predicted octanol–water partition coefficient (Wildman–Crippen LogP) is 4.50. The van der Waals surface area contributed by atoms with Gasteiger partial charge in [0.25, 0.3) is 0 Å². The summed E-state index contributed by atoms with van der Waals surface area (Å²) in [6.07, 6.45) is 4.06. The van der Waals surface area contributed by atoms with E-state index >= 15 is 0 Å². The van der Waals surface area contributed by atoms with Crippen molar-refractivity contribution in [2.75, 3.05) is 17.2 Å². The summed E-state index contributed by atoms with van der Waals surface area (Å²) in [5.41, 5.74) is 2.16. The highest BCUT2D eigenvalue weighted by Crippen LogP contribution is 2.22. The van der Waals surface area contributed by atoms with Gasteiger partial charge in [0.15, 0.2) is 0 Å². The summed E-state index contributed by atoms with van der Waals surface area (Å²) in [6, 6.07) is 7.96. The van der Waals surface area contributed by atoms with Crippen LogP contribution in [0.1, 0.15) is 25.3 Å². The molecule has 2 aromatic rings. The van der Waals surface area contributed by atoms with E-state index in [1.54, 1.807) is 6.20 Å². The van der Waals surface area contributed by atoms with Crippen molar-refractivity contribution in [1.82, 2.24) is 9.97 Å². The van der Waals surface area contributed by atoms with Gasteiger partial charge in [-0.2, -0.15) is 4.98 Å².